The first-order chi connectivity index (χ1) is 5.81. The molecule has 0 saturated carbocycles. The Hall–Kier alpha value is -1.78. The fraction of sp³-hybridized carbons (Fsp3) is 0.143. The highest BCUT2D eigenvalue weighted by molar-refractivity contribution is 5.62. The maximum Gasteiger partial charge on any atom is 0.179 e. The molecule has 0 aliphatic heterocycles. The van der Waals surface area contributed by atoms with Crippen molar-refractivity contribution < 1.29 is 0 Å². The van der Waals surface area contributed by atoms with Crippen LogP contribution in [0.3, 0.4) is 0 Å². The van der Waals surface area contributed by atoms with E-state index in [2.05, 4.69) is 15.3 Å². The van der Waals surface area contributed by atoms with E-state index in [1.165, 1.54) is 0 Å². The monoisotopic (exact) mass is 163 g/mol. The third-order valence-electron chi connectivity index (χ3n) is 1.66. The number of nitrogens with two attached hydrogens (primary N) is 1. The average Bonchev–Trinajstić information content (AvgIpc) is 2.52. The van der Waals surface area contributed by atoms with Crippen LogP contribution < -0.4 is 11.1 Å². The van der Waals surface area contributed by atoms with Crippen molar-refractivity contribution in [3.05, 3.63) is 18.6 Å². The minimum atomic E-state index is 0.437. The predicted molar refractivity (Wildman–Crippen MR) is 46.9 cm³/mol. The molecule has 0 fully saturated rings. The molecule has 62 valence electrons. The smallest absolute Gasteiger partial charge is 0.179 e. The number of anilines is 2. The summed E-state index contributed by atoms with van der Waals surface area (Å²) < 4.78 is 1.83. The Morgan fingerprint density at radius 2 is 2.42 bits per heavy atom. The Morgan fingerprint density at radius 1 is 1.58 bits per heavy atom. The van der Waals surface area contributed by atoms with Gasteiger partial charge in [0.05, 0.1) is 6.20 Å². The molecule has 2 rings (SSSR count). The molecule has 0 aliphatic rings. The van der Waals surface area contributed by atoms with Gasteiger partial charge in [-0.25, -0.2) is 9.97 Å². The van der Waals surface area contributed by atoms with Crippen LogP contribution in [-0.2, 0) is 0 Å². The first-order valence-electron chi connectivity index (χ1n) is 3.58. The molecular weight excluding hydrogens is 154 g/mol. The van der Waals surface area contributed by atoms with E-state index in [9.17, 15) is 0 Å². The maximum absolute atomic E-state index is 5.64. The molecule has 0 radical (unpaired) electrons. The van der Waals surface area contributed by atoms with Gasteiger partial charge in [0.15, 0.2) is 11.5 Å². The molecule has 0 aliphatic carbocycles. The van der Waals surface area contributed by atoms with Gasteiger partial charge in [0.1, 0.15) is 5.82 Å². The molecule has 0 unspecified atom stereocenters. The Balaban J connectivity index is 2.75. The topological polar surface area (TPSA) is 68.2 Å². The molecule has 0 bridgehead atoms. The second kappa shape index (κ2) is 2.37. The van der Waals surface area contributed by atoms with Crippen LogP contribution >= 0.6 is 0 Å². The van der Waals surface area contributed by atoms with Gasteiger partial charge in [0.25, 0.3) is 0 Å². The quantitative estimate of drug-likeness (QED) is 0.636. The van der Waals surface area contributed by atoms with Gasteiger partial charge < -0.3 is 15.5 Å². The van der Waals surface area contributed by atoms with Crippen LogP contribution in [0.2, 0.25) is 0 Å². The lowest BCUT2D eigenvalue weighted by Crippen LogP contribution is -2.01. The van der Waals surface area contributed by atoms with Crippen molar-refractivity contribution in [2.75, 3.05) is 18.1 Å². The zero-order valence-electron chi connectivity index (χ0n) is 6.65. The zero-order chi connectivity index (χ0) is 8.55. The van der Waals surface area contributed by atoms with E-state index in [-0.39, 0.29) is 0 Å². The molecule has 5 heteroatoms. The zero-order valence-corrected chi connectivity index (χ0v) is 6.65. The van der Waals surface area contributed by atoms with Gasteiger partial charge in [-0.3, -0.25) is 0 Å². The largest absolute Gasteiger partial charge is 0.381 e. The molecular formula is C7H9N5. The van der Waals surface area contributed by atoms with E-state index < -0.39 is 0 Å². The number of fused-ring (bicyclic) bond motifs is 1. The average molecular weight is 163 g/mol. The maximum atomic E-state index is 5.64. The summed E-state index contributed by atoms with van der Waals surface area (Å²) in [6.45, 7) is 0. The molecule has 0 spiro atoms. The van der Waals surface area contributed by atoms with Gasteiger partial charge in [-0.1, -0.05) is 0 Å². The molecule has 3 N–H and O–H groups in total. The Morgan fingerprint density at radius 3 is 3.17 bits per heavy atom. The first-order valence-corrected chi connectivity index (χ1v) is 3.58. The normalized spacial score (nSPS) is 10.4. The summed E-state index contributed by atoms with van der Waals surface area (Å²) in [5.74, 6) is 1.17. The van der Waals surface area contributed by atoms with E-state index in [1.807, 2.05) is 16.8 Å². The SMILES string of the molecule is CNc1cn2ccnc2c(N)n1. The minimum absolute atomic E-state index is 0.437. The summed E-state index contributed by atoms with van der Waals surface area (Å²) in [6, 6.07) is 0. The third kappa shape index (κ3) is 0.868. The summed E-state index contributed by atoms with van der Waals surface area (Å²) in [5, 5.41) is 2.91. The van der Waals surface area contributed by atoms with Gasteiger partial charge in [-0.15, -0.1) is 0 Å². The summed E-state index contributed by atoms with van der Waals surface area (Å²) >= 11 is 0. The van der Waals surface area contributed by atoms with Crippen LogP contribution in [0.1, 0.15) is 0 Å². The number of hydrogen-bond donors (Lipinski definition) is 2. The summed E-state index contributed by atoms with van der Waals surface area (Å²) in [5.41, 5.74) is 6.33. The van der Waals surface area contributed by atoms with Crippen molar-refractivity contribution in [2.24, 2.45) is 0 Å². The second-order valence-corrected chi connectivity index (χ2v) is 2.42. The lowest BCUT2D eigenvalue weighted by atomic mass is 10.6. The Bertz CT molecular complexity index is 405. The molecule has 0 amide bonds. The fourth-order valence-electron chi connectivity index (χ4n) is 1.08. The summed E-state index contributed by atoms with van der Waals surface area (Å²) in [4.78, 5) is 8.12. The number of imidazole rings is 1. The molecule has 0 atom stereocenters. The number of nitrogens with zero attached hydrogens (tertiary/aromatic N) is 3. The van der Waals surface area contributed by atoms with Crippen LogP contribution in [0.15, 0.2) is 18.6 Å². The van der Waals surface area contributed by atoms with Crippen LogP contribution in [0.4, 0.5) is 11.6 Å². The fourth-order valence-corrected chi connectivity index (χ4v) is 1.08. The van der Waals surface area contributed by atoms with Crippen molar-refractivity contribution >= 4 is 17.3 Å². The lowest BCUT2D eigenvalue weighted by Gasteiger charge is -2.01. The highest BCUT2D eigenvalue weighted by Gasteiger charge is 2.01. The highest BCUT2D eigenvalue weighted by Crippen LogP contribution is 2.11. The van der Waals surface area contributed by atoms with Crippen molar-refractivity contribution in [3.63, 3.8) is 0 Å². The van der Waals surface area contributed by atoms with Crippen LogP contribution in [-0.4, -0.2) is 21.4 Å². The summed E-state index contributed by atoms with van der Waals surface area (Å²) in [7, 11) is 1.80. The van der Waals surface area contributed by atoms with Gasteiger partial charge in [-0.2, -0.15) is 0 Å². The molecule has 2 aromatic heterocycles. The molecule has 2 aromatic rings. The van der Waals surface area contributed by atoms with Crippen molar-refractivity contribution in [2.45, 2.75) is 0 Å². The highest BCUT2D eigenvalue weighted by atomic mass is 15.1. The molecule has 0 saturated heterocycles. The Labute approximate surface area is 69.2 Å². The Kier molecular flexibility index (Phi) is 1.36. The number of nitrogen functional groups attached to an aromatic ring is 1. The van der Waals surface area contributed by atoms with Gasteiger partial charge in [0.2, 0.25) is 0 Å². The van der Waals surface area contributed by atoms with Crippen molar-refractivity contribution in [1.29, 1.82) is 0 Å². The van der Waals surface area contributed by atoms with Crippen molar-refractivity contribution in [1.82, 2.24) is 14.4 Å². The first kappa shape index (κ1) is 6.90. The van der Waals surface area contributed by atoms with Gasteiger partial charge in [-0.05, 0) is 0 Å². The van der Waals surface area contributed by atoms with Crippen LogP contribution in [0.5, 0.6) is 0 Å². The number of aromatic nitrogens is 3. The third-order valence-corrected chi connectivity index (χ3v) is 1.66. The summed E-state index contributed by atoms with van der Waals surface area (Å²) in [6.07, 6.45) is 5.35. The second-order valence-electron chi connectivity index (χ2n) is 2.42. The molecule has 0 aromatic carbocycles. The van der Waals surface area contributed by atoms with E-state index in [0.717, 1.165) is 5.82 Å². The van der Waals surface area contributed by atoms with Crippen LogP contribution in [0, 0.1) is 0 Å². The van der Waals surface area contributed by atoms with E-state index >= 15 is 0 Å². The van der Waals surface area contributed by atoms with E-state index in [0.29, 0.717) is 11.5 Å². The van der Waals surface area contributed by atoms with Gasteiger partial charge >= 0.3 is 0 Å². The van der Waals surface area contributed by atoms with Gasteiger partial charge in [0, 0.05) is 19.4 Å². The number of nitrogens with one attached hydrogen (secondary N) is 1. The van der Waals surface area contributed by atoms with E-state index in [4.69, 9.17) is 5.73 Å². The predicted octanol–water partition coefficient (Wildman–Crippen LogP) is 0.353. The van der Waals surface area contributed by atoms with E-state index in [1.54, 1.807) is 13.2 Å². The number of rotatable bonds is 1. The standard InChI is InChI=1S/C7H9N5/c1-9-5-4-12-3-2-10-7(12)6(8)11-5/h2-4,9H,1H3,(H2,8,11). The molecule has 12 heavy (non-hydrogen) atoms. The van der Waals surface area contributed by atoms with Crippen molar-refractivity contribution in [3.8, 4) is 0 Å². The lowest BCUT2D eigenvalue weighted by molar-refractivity contribution is 1.13. The minimum Gasteiger partial charge on any atom is -0.381 e. The molecule has 5 nitrogen and oxygen atoms in total. The molecule has 2 heterocycles. The number of hydrogen-bond acceptors (Lipinski definition) is 4. The van der Waals surface area contributed by atoms with Crippen LogP contribution in [0.25, 0.3) is 5.65 Å².